The molecule has 2 rings (SSSR count). The molecule has 1 fully saturated rings. The van der Waals surface area contributed by atoms with Gasteiger partial charge in [-0.2, -0.15) is 0 Å². The average Bonchev–Trinajstić information content (AvgIpc) is 3.03. The fraction of sp³-hybridized carbons (Fsp3) is 0.667. The standard InChI is InChI=1S/C12H18N2O2S/c1-3-16-11(15)6-10-7-17-12(14-10)13-8(2)9-4-5-9/h7-9H,3-6H2,1-2H3,(H,13,14). The quantitative estimate of drug-likeness (QED) is 0.792. The number of nitrogens with one attached hydrogen (secondary N) is 1. The first-order chi connectivity index (χ1) is 8.19. The molecule has 0 amide bonds. The van der Waals surface area contributed by atoms with E-state index in [9.17, 15) is 4.79 Å². The van der Waals surface area contributed by atoms with Gasteiger partial charge in [-0.25, -0.2) is 4.98 Å². The highest BCUT2D eigenvalue weighted by atomic mass is 32.1. The molecule has 0 bridgehead atoms. The summed E-state index contributed by atoms with van der Waals surface area (Å²) < 4.78 is 4.89. The molecule has 94 valence electrons. The molecule has 0 aromatic carbocycles. The molecule has 4 nitrogen and oxygen atoms in total. The largest absolute Gasteiger partial charge is 0.466 e. The Bertz CT molecular complexity index is 388. The fourth-order valence-electron chi connectivity index (χ4n) is 1.72. The van der Waals surface area contributed by atoms with Crippen LogP contribution in [0.25, 0.3) is 0 Å². The first-order valence-electron chi connectivity index (χ1n) is 6.05. The van der Waals surface area contributed by atoms with E-state index in [1.807, 2.05) is 12.3 Å². The summed E-state index contributed by atoms with van der Waals surface area (Å²) in [5.74, 6) is 0.590. The molecule has 1 atom stereocenters. The van der Waals surface area contributed by atoms with Gasteiger partial charge in [0, 0.05) is 11.4 Å². The molecule has 0 spiro atoms. The molecule has 1 aromatic heterocycles. The van der Waals surface area contributed by atoms with Crippen molar-refractivity contribution >= 4 is 22.4 Å². The van der Waals surface area contributed by atoms with Gasteiger partial charge in [0.25, 0.3) is 0 Å². The molecule has 0 aliphatic heterocycles. The fourth-order valence-corrected chi connectivity index (χ4v) is 2.53. The third-order valence-corrected chi connectivity index (χ3v) is 3.69. The van der Waals surface area contributed by atoms with Gasteiger partial charge in [-0.15, -0.1) is 11.3 Å². The minimum Gasteiger partial charge on any atom is -0.466 e. The summed E-state index contributed by atoms with van der Waals surface area (Å²) in [5, 5.41) is 6.21. The van der Waals surface area contributed by atoms with Crippen molar-refractivity contribution in [3.05, 3.63) is 11.1 Å². The van der Waals surface area contributed by atoms with E-state index in [1.165, 1.54) is 12.8 Å². The van der Waals surface area contributed by atoms with E-state index < -0.39 is 0 Å². The Morgan fingerprint density at radius 2 is 2.47 bits per heavy atom. The third kappa shape index (κ3) is 3.70. The van der Waals surface area contributed by atoms with Crippen molar-refractivity contribution < 1.29 is 9.53 Å². The molecule has 1 N–H and O–H groups in total. The van der Waals surface area contributed by atoms with Crippen molar-refractivity contribution in [2.45, 2.75) is 39.2 Å². The highest BCUT2D eigenvalue weighted by Gasteiger charge is 2.28. The zero-order valence-corrected chi connectivity index (χ0v) is 11.0. The second-order valence-electron chi connectivity index (χ2n) is 4.40. The lowest BCUT2D eigenvalue weighted by molar-refractivity contribution is -0.142. The second kappa shape index (κ2) is 5.49. The van der Waals surface area contributed by atoms with Crippen LogP contribution in [0.1, 0.15) is 32.4 Å². The summed E-state index contributed by atoms with van der Waals surface area (Å²) in [6.07, 6.45) is 2.90. The molecule has 1 heterocycles. The van der Waals surface area contributed by atoms with E-state index in [-0.39, 0.29) is 12.4 Å². The van der Waals surface area contributed by atoms with Gasteiger partial charge in [0.1, 0.15) is 0 Å². The van der Waals surface area contributed by atoms with Gasteiger partial charge in [0.2, 0.25) is 0 Å². The van der Waals surface area contributed by atoms with Gasteiger partial charge in [-0.05, 0) is 32.6 Å². The van der Waals surface area contributed by atoms with E-state index in [2.05, 4.69) is 17.2 Å². The van der Waals surface area contributed by atoms with E-state index in [4.69, 9.17) is 4.74 Å². The van der Waals surface area contributed by atoms with Gasteiger partial charge in [-0.1, -0.05) is 0 Å². The number of carbonyl (C=O) groups is 1. The van der Waals surface area contributed by atoms with Crippen LogP contribution in [0.15, 0.2) is 5.38 Å². The van der Waals surface area contributed by atoms with Crippen LogP contribution in [0.3, 0.4) is 0 Å². The van der Waals surface area contributed by atoms with Crippen LogP contribution in [-0.2, 0) is 16.0 Å². The van der Waals surface area contributed by atoms with Gasteiger partial charge < -0.3 is 10.1 Å². The van der Waals surface area contributed by atoms with E-state index in [0.29, 0.717) is 12.6 Å². The van der Waals surface area contributed by atoms with Crippen LogP contribution in [0, 0.1) is 5.92 Å². The maximum atomic E-state index is 11.3. The summed E-state index contributed by atoms with van der Waals surface area (Å²) in [5.41, 5.74) is 0.791. The molecular weight excluding hydrogens is 236 g/mol. The maximum Gasteiger partial charge on any atom is 0.311 e. The maximum absolute atomic E-state index is 11.3. The molecule has 1 aromatic rings. The Morgan fingerprint density at radius 1 is 1.71 bits per heavy atom. The first-order valence-corrected chi connectivity index (χ1v) is 6.93. The van der Waals surface area contributed by atoms with Crippen molar-refractivity contribution in [1.82, 2.24) is 4.98 Å². The predicted molar refractivity (Wildman–Crippen MR) is 68.3 cm³/mol. The lowest BCUT2D eigenvalue weighted by Gasteiger charge is -2.10. The third-order valence-electron chi connectivity index (χ3n) is 2.86. The molecular formula is C12H18N2O2S. The molecule has 0 radical (unpaired) electrons. The number of hydrogen-bond donors (Lipinski definition) is 1. The summed E-state index contributed by atoms with van der Waals surface area (Å²) in [4.78, 5) is 15.7. The number of rotatable bonds is 6. The van der Waals surface area contributed by atoms with Crippen molar-refractivity contribution in [1.29, 1.82) is 0 Å². The Labute approximate surface area is 105 Å². The second-order valence-corrected chi connectivity index (χ2v) is 5.25. The van der Waals surface area contributed by atoms with Crippen LogP contribution in [0.2, 0.25) is 0 Å². The number of carbonyl (C=O) groups excluding carboxylic acids is 1. The number of nitrogens with zero attached hydrogens (tertiary/aromatic N) is 1. The van der Waals surface area contributed by atoms with Crippen LogP contribution >= 0.6 is 11.3 Å². The zero-order valence-electron chi connectivity index (χ0n) is 10.2. The number of esters is 1. The highest BCUT2D eigenvalue weighted by molar-refractivity contribution is 7.13. The number of anilines is 1. The summed E-state index contributed by atoms with van der Waals surface area (Å²) in [6, 6.07) is 0.483. The van der Waals surface area contributed by atoms with E-state index >= 15 is 0 Å². The van der Waals surface area contributed by atoms with Crippen LogP contribution in [-0.4, -0.2) is 23.6 Å². The first kappa shape index (κ1) is 12.4. The smallest absolute Gasteiger partial charge is 0.311 e. The topological polar surface area (TPSA) is 51.2 Å². The van der Waals surface area contributed by atoms with E-state index in [1.54, 1.807) is 11.3 Å². The molecule has 5 heteroatoms. The lowest BCUT2D eigenvalue weighted by Crippen LogP contribution is -2.17. The van der Waals surface area contributed by atoms with Crippen molar-refractivity contribution in [2.24, 2.45) is 5.92 Å². The van der Waals surface area contributed by atoms with Crippen LogP contribution < -0.4 is 5.32 Å². The van der Waals surface area contributed by atoms with Crippen molar-refractivity contribution in [3.63, 3.8) is 0 Å². The minimum absolute atomic E-state index is 0.209. The summed E-state index contributed by atoms with van der Waals surface area (Å²) >= 11 is 1.55. The summed E-state index contributed by atoms with van der Waals surface area (Å²) in [6.45, 7) is 4.42. The molecule has 0 saturated heterocycles. The lowest BCUT2D eigenvalue weighted by atomic mass is 10.2. The Morgan fingerprint density at radius 3 is 3.12 bits per heavy atom. The number of hydrogen-bond acceptors (Lipinski definition) is 5. The van der Waals surface area contributed by atoms with Gasteiger partial charge in [0.05, 0.1) is 18.7 Å². The van der Waals surface area contributed by atoms with E-state index in [0.717, 1.165) is 16.7 Å². The molecule has 1 saturated carbocycles. The van der Waals surface area contributed by atoms with Gasteiger partial charge in [-0.3, -0.25) is 4.79 Å². The number of ether oxygens (including phenoxy) is 1. The Hall–Kier alpha value is -1.10. The minimum atomic E-state index is -0.209. The average molecular weight is 254 g/mol. The zero-order chi connectivity index (χ0) is 12.3. The number of aromatic nitrogens is 1. The summed E-state index contributed by atoms with van der Waals surface area (Å²) in [7, 11) is 0. The monoisotopic (exact) mass is 254 g/mol. The normalized spacial score (nSPS) is 16.6. The Kier molecular flexibility index (Phi) is 3.99. The predicted octanol–water partition coefficient (Wildman–Crippen LogP) is 2.46. The van der Waals surface area contributed by atoms with Gasteiger partial charge in [0.15, 0.2) is 5.13 Å². The van der Waals surface area contributed by atoms with Crippen LogP contribution in [0.4, 0.5) is 5.13 Å². The van der Waals surface area contributed by atoms with Crippen molar-refractivity contribution in [3.8, 4) is 0 Å². The molecule has 1 aliphatic rings. The molecule has 1 aliphatic carbocycles. The molecule has 1 unspecified atom stereocenters. The Balaban J connectivity index is 1.84. The highest BCUT2D eigenvalue weighted by Crippen LogP contribution is 2.34. The van der Waals surface area contributed by atoms with Crippen molar-refractivity contribution in [2.75, 3.05) is 11.9 Å². The van der Waals surface area contributed by atoms with Gasteiger partial charge >= 0.3 is 5.97 Å². The number of thiazole rings is 1. The molecule has 17 heavy (non-hydrogen) atoms. The SMILES string of the molecule is CCOC(=O)Cc1csc(NC(C)C2CC2)n1. The van der Waals surface area contributed by atoms with Crippen LogP contribution in [0.5, 0.6) is 0 Å².